The van der Waals surface area contributed by atoms with E-state index in [4.69, 9.17) is 4.74 Å². The highest BCUT2D eigenvalue weighted by atomic mass is 16.5. The monoisotopic (exact) mass is 112 g/mol. The molecule has 0 aliphatic rings. The molecule has 0 saturated heterocycles. The number of allylic oxidation sites excluding steroid dienone is 1. The molecule has 0 aliphatic carbocycles. The Labute approximate surface area is 50.7 Å². The molecule has 0 unspecified atom stereocenters. The van der Waals surface area contributed by atoms with Gasteiger partial charge in [0, 0.05) is 0 Å². The summed E-state index contributed by atoms with van der Waals surface area (Å²) in [6.07, 6.45) is 3.45. The second-order valence-electron chi connectivity index (χ2n) is 1.82. The Morgan fingerprint density at radius 3 is 2.62 bits per heavy atom. The van der Waals surface area contributed by atoms with Gasteiger partial charge >= 0.3 is 0 Å². The minimum absolute atomic E-state index is 0.602. The molecule has 0 heterocycles. The molecule has 0 radical (unpaired) electrons. The first kappa shape index (κ1) is 7.28. The third-order valence-electron chi connectivity index (χ3n) is 0.533. The molecular formula is C7H12O. The molecule has 0 aromatic heterocycles. The second kappa shape index (κ2) is 4.44. The fraction of sp³-hybridized carbons (Fsp3) is 0.429. The molecule has 0 bridgehead atoms. The highest BCUT2D eigenvalue weighted by Gasteiger charge is 1.73. The molecule has 0 fully saturated rings. The zero-order valence-corrected chi connectivity index (χ0v) is 5.48. The van der Waals surface area contributed by atoms with Crippen LogP contribution >= 0.6 is 0 Å². The zero-order valence-electron chi connectivity index (χ0n) is 5.48. The minimum Gasteiger partial charge on any atom is -0.497 e. The fourth-order valence-electron chi connectivity index (χ4n) is 0.283. The largest absolute Gasteiger partial charge is 0.497 e. The summed E-state index contributed by atoms with van der Waals surface area (Å²) in [6, 6.07) is 0. The Hall–Kier alpha value is -0.720. The van der Waals surface area contributed by atoms with E-state index in [-0.39, 0.29) is 0 Å². The van der Waals surface area contributed by atoms with Gasteiger partial charge in [0.25, 0.3) is 0 Å². The molecule has 8 heavy (non-hydrogen) atoms. The maximum Gasteiger partial charge on any atom is 0.105 e. The van der Waals surface area contributed by atoms with Crippen LogP contribution < -0.4 is 0 Å². The van der Waals surface area contributed by atoms with Gasteiger partial charge in [-0.2, -0.15) is 0 Å². The van der Waals surface area contributed by atoms with E-state index < -0.39 is 0 Å². The Kier molecular flexibility index (Phi) is 4.04. The summed E-state index contributed by atoms with van der Waals surface area (Å²) in [5.74, 6) is 0. The zero-order chi connectivity index (χ0) is 6.41. The van der Waals surface area contributed by atoms with Crippen molar-refractivity contribution in [2.75, 3.05) is 6.61 Å². The van der Waals surface area contributed by atoms with E-state index >= 15 is 0 Å². The predicted molar refractivity (Wildman–Crippen MR) is 35.6 cm³/mol. The average molecular weight is 112 g/mol. The molecule has 0 rings (SSSR count). The Morgan fingerprint density at radius 1 is 1.62 bits per heavy atom. The Bertz CT molecular complexity index is 88.6. The summed E-state index contributed by atoms with van der Waals surface area (Å²) in [7, 11) is 0. The molecule has 1 heteroatoms. The smallest absolute Gasteiger partial charge is 0.105 e. The predicted octanol–water partition coefficient (Wildman–Crippen LogP) is 2.11. The molecular weight excluding hydrogens is 100 g/mol. The minimum atomic E-state index is 0.602. The molecule has 1 nitrogen and oxygen atoms in total. The standard InChI is InChI=1S/C7H12O/c1-4-5-8-6-7(2)3/h4,6H,1,5H2,2-3H3. The van der Waals surface area contributed by atoms with Crippen LogP contribution in [0.2, 0.25) is 0 Å². The van der Waals surface area contributed by atoms with Crippen molar-refractivity contribution in [1.29, 1.82) is 0 Å². The van der Waals surface area contributed by atoms with Crippen LogP contribution in [0.4, 0.5) is 0 Å². The molecule has 0 saturated carbocycles. The molecule has 0 aliphatic heterocycles. The number of hydrogen-bond donors (Lipinski definition) is 0. The van der Waals surface area contributed by atoms with E-state index in [1.165, 1.54) is 5.57 Å². The lowest BCUT2D eigenvalue weighted by Crippen LogP contribution is -1.79. The summed E-state index contributed by atoms with van der Waals surface area (Å²) < 4.78 is 4.96. The topological polar surface area (TPSA) is 9.23 Å². The number of ether oxygens (including phenoxy) is 1. The van der Waals surface area contributed by atoms with Crippen LogP contribution in [0.1, 0.15) is 13.8 Å². The van der Waals surface area contributed by atoms with Crippen LogP contribution in [-0.4, -0.2) is 6.61 Å². The van der Waals surface area contributed by atoms with E-state index in [2.05, 4.69) is 6.58 Å². The van der Waals surface area contributed by atoms with E-state index in [0.29, 0.717) is 6.61 Å². The van der Waals surface area contributed by atoms with Crippen LogP contribution in [0.3, 0.4) is 0 Å². The van der Waals surface area contributed by atoms with Gasteiger partial charge in [0.15, 0.2) is 0 Å². The lowest BCUT2D eigenvalue weighted by Gasteiger charge is -1.92. The molecule has 0 aromatic rings. The fourth-order valence-corrected chi connectivity index (χ4v) is 0.283. The van der Waals surface area contributed by atoms with Gasteiger partial charge < -0.3 is 4.74 Å². The van der Waals surface area contributed by atoms with E-state index in [1.54, 1.807) is 12.3 Å². The van der Waals surface area contributed by atoms with Crippen LogP contribution in [-0.2, 0) is 4.74 Å². The Morgan fingerprint density at radius 2 is 2.25 bits per heavy atom. The highest BCUT2D eigenvalue weighted by molar-refractivity contribution is 4.86. The van der Waals surface area contributed by atoms with Gasteiger partial charge in [-0.05, 0) is 19.4 Å². The normalized spacial score (nSPS) is 7.75. The SMILES string of the molecule is C=CCOC=C(C)C. The van der Waals surface area contributed by atoms with Gasteiger partial charge in [0.05, 0.1) is 6.26 Å². The van der Waals surface area contributed by atoms with E-state index in [1.807, 2.05) is 13.8 Å². The van der Waals surface area contributed by atoms with Gasteiger partial charge in [-0.25, -0.2) is 0 Å². The van der Waals surface area contributed by atoms with Gasteiger partial charge in [-0.1, -0.05) is 12.7 Å². The average Bonchev–Trinajstić information content (AvgIpc) is 1.66. The summed E-state index contributed by atoms with van der Waals surface area (Å²) in [5, 5.41) is 0. The quantitative estimate of drug-likeness (QED) is 0.308. The van der Waals surface area contributed by atoms with E-state index in [0.717, 1.165) is 0 Å². The number of rotatable bonds is 3. The van der Waals surface area contributed by atoms with Gasteiger partial charge in [-0.3, -0.25) is 0 Å². The number of hydrogen-bond acceptors (Lipinski definition) is 1. The molecule has 0 amide bonds. The van der Waals surface area contributed by atoms with Crippen molar-refractivity contribution < 1.29 is 4.74 Å². The maximum absolute atomic E-state index is 4.96. The van der Waals surface area contributed by atoms with Gasteiger partial charge in [-0.15, -0.1) is 0 Å². The van der Waals surface area contributed by atoms with Crippen molar-refractivity contribution in [3.8, 4) is 0 Å². The van der Waals surface area contributed by atoms with Crippen molar-refractivity contribution in [2.45, 2.75) is 13.8 Å². The second-order valence-corrected chi connectivity index (χ2v) is 1.82. The van der Waals surface area contributed by atoms with Crippen molar-refractivity contribution in [3.05, 3.63) is 24.5 Å². The lowest BCUT2D eigenvalue weighted by atomic mass is 10.4. The molecule has 0 atom stereocenters. The molecule has 0 spiro atoms. The highest BCUT2D eigenvalue weighted by Crippen LogP contribution is 1.88. The van der Waals surface area contributed by atoms with Gasteiger partial charge in [0.2, 0.25) is 0 Å². The molecule has 0 aromatic carbocycles. The summed E-state index contributed by atoms with van der Waals surface area (Å²) in [4.78, 5) is 0. The van der Waals surface area contributed by atoms with Crippen LogP contribution in [0.25, 0.3) is 0 Å². The molecule has 46 valence electrons. The maximum atomic E-state index is 4.96. The third-order valence-corrected chi connectivity index (χ3v) is 0.533. The first-order valence-corrected chi connectivity index (χ1v) is 2.63. The Balaban J connectivity index is 3.15. The van der Waals surface area contributed by atoms with Crippen molar-refractivity contribution in [3.63, 3.8) is 0 Å². The first-order valence-electron chi connectivity index (χ1n) is 2.63. The van der Waals surface area contributed by atoms with Crippen molar-refractivity contribution in [2.24, 2.45) is 0 Å². The van der Waals surface area contributed by atoms with Gasteiger partial charge in [0.1, 0.15) is 6.61 Å². The lowest BCUT2D eigenvalue weighted by molar-refractivity contribution is 0.286. The van der Waals surface area contributed by atoms with Crippen LogP contribution in [0.15, 0.2) is 24.5 Å². The summed E-state index contributed by atoms with van der Waals surface area (Å²) >= 11 is 0. The third kappa shape index (κ3) is 5.28. The van der Waals surface area contributed by atoms with Crippen LogP contribution in [0, 0.1) is 0 Å². The molecule has 0 N–H and O–H groups in total. The van der Waals surface area contributed by atoms with Crippen LogP contribution in [0.5, 0.6) is 0 Å². The first-order chi connectivity index (χ1) is 3.77. The van der Waals surface area contributed by atoms with E-state index in [9.17, 15) is 0 Å². The van der Waals surface area contributed by atoms with Crippen molar-refractivity contribution in [1.82, 2.24) is 0 Å². The van der Waals surface area contributed by atoms with Crippen molar-refractivity contribution >= 4 is 0 Å². The summed E-state index contributed by atoms with van der Waals surface area (Å²) in [6.45, 7) is 8.08. The summed E-state index contributed by atoms with van der Waals surface area (Å²) in [5.41, 5.74) is 1.17.